The summed E-state index contributed by atoms with van der Waals surface area (Å²) in [5.41, 5.74) is 0. The van der Waals surface area contributed by atoms with Crippen LogP contribution in [-0.2, 0) is 23.7 Å². The fourth-order valence-electron chi connectivity index (χ4n) is 7.67. The standard InChI is InChI=1S/C57H98O9/c1-3-5-7-9-11-13-15-17-19-21-22-23-24-25-26-27-28-29-31-33-35-37-39-41-43-45-47-63-49-51(50-64-57-56(62)55(61)54(60)52(48-58)66-57)65-53(59)46-44-42-40-38-36-34-32-30-20-18-16-14-12-10-8-6-4-2/h5,7,11,13,17-20,22-23,25-26,28-29,51-52,54-58,60-62H,3-4,6,8-10,12,14-16,21,24,27,30-50H2,1-2H3/b7-5-,13-11-,19-17-,20-18-,23-22-,26-25-,29-28-. The second-order valence-corrected chi connectivity index (χ2v) is 17.9. The average Bonchev–Trinajstić information content (AvgIpc) is 3.32. The SMILES string of the molecule is CC/C=C\C/C=C\C/C=C\C/C=C\C/C=C\C/C=C\CCCCCCCCCOCC(COC1OC(CO)C(O)C(O)C1O)OC(=O)CCCCCCCCC/C=C\CCCCCCCC. The highest BCUT2D eigenvalue weighted by molar-refractivity contribution is 5.69. The molecule has 0 aliphatic carbocycles. The topological polar surface area (TPSA) is 135 Å². The van der Waals surface area contributed by atoms with Crippen molar-refractivity contribution >= 4 is 5.97 Å². The second kappa shape index (κ2) is 47.4. The Morgan fingerprint density at radius 3 is 1.41 bits per heavy atom. The molecule has 9 heteroatoms. The molecule has 4 N–H and O–H groups in total. The number of unbranched alkanes of at least 4 members (excludes halogenated alkanes) is 20. The van der Waals surface area contributed by atoms with E-state index in [1.54, 1.807) is 0 Å². The van der Waals surface area contributed by atoms with Gasteiger partial charge in [0.1, 0.15) is 30.5 Å². The summed E-state index contributed by atoms with van der Waals surface area (Å²) in [5.74, 6) is -0.324. The number of esters is 1. The van der Waals surface area contributed by atoms with Gasteiger partial charge < -0.3 is 39.4 Å². The van der Waals surface area contributed by atoms with E-state index in [-0.39, 0.29) is 19.2 Å². The monoisotopic (exact) mass is 927 g/mol. The van der Waals surface area contributed by atoms with Crippen molar-refractivity contribution < 1.29 is 44.2 Å². The van der Waals surface area contributed by atoms with E-state index in [0.717, 1.165) is 83.5 Å². The van der Waals surface area contributed by atoms with Gasteiger partial charge in [0.05, 0.1) is 19.8 Å². The number of rotatable bonds is 45. The second-order valence-electron chi connectivity index (χ2n) is 17.9. The van der Waals surface area contributed by atoms with Crippen LogP contribution in [0.25, 0.3) is 0 Å². The number of carbonyl (C=O) groups is 1. The van der Waals surface area contributed by atoms with Crippen LogP contribution in [0.2, 0.25) is 0 Å². The minimum Gasteiger partial charge on any atom is -0.457 e. The van der Waals surface area contributed by atoms with Crippen molar-refractivity contribution in [2.24, 2.45) is 0 Å². The average molecular weight is 927 g/mol. The first-order chi connectivity index (χ1) is 32.4. The number of carbonyl (C=O) groups excluding carboxylic acids is 1. The van der Waals surface area contributed by atoms with E-state index < -0.39 is 43.4 Å². The van der Waals surface area contributed by atoms with Gasteiger partial charge in [-0.2, -0.15) is 0 Å². The maximum atomic E-state index is 12.8. The van der Waals surface area contributed by atoms with Crippen LogP contribution in [0.1, 0.15) is 206 Å². The maximum absolute atomic E-state index is 12.8. The molecule has 9 nitrogen and oxygen atoms in total. The Morgan fingerprint density at radius 2 is 0.924 bits per heavy atom. The first kappa shape index (κ1) is 61.4. The minimum absolute atomic E-state index is 0.124. The Hall–Kier alpha value is -2.63. The summed E-state index contributed by atoms with van der Waals surface area (Å²) >= 11 is 0. The predicted molar refractivity (Wildman–Crippen MR) is 274 cm³/mol. The van der Waals surface area contributed by atoms with Crippen LogP contribution in [0.4, 0.5) is 0 Å². The lowest BCUT2D eigenvalue weighted by molar-refractivity contribution is -0.305. The number of hydrogen-bond acceptors (Lipinski definition) is 9. The zero-order valence-electron chi connectivity index (χ0n) is 41.9. The van der Waals surface area contributed by atoms with E-state index in [2.05, 4.69) is 98.9 Å². The van der Waals surface area contributed by atoms with Gasteiger partial charge in [0.15, 0.2) is 6.29 Å². The Bertz CT molecular complexity index is 1280. The molecule has 1 heterocycles. The molecular formula is C57H98O9. The third-order valence-corrected chi connectivity index (χ3v) is 11.8. The Labute approximate surface area is 403 Å². The third-order valence-electron chi connectivity index (χ3n) is 11.8. The van der Waals surface area contributed by atoms with Gasteiger partial charge in [0.25, 0.3) is 0 Å². The van der Waals surface area contributed by atoms with E-state index in [1.165, 1.54) is 103 Å². The molecule has 1 rings (SSSR count). The number of allylic oxidation sites excluding steroid dienone is 14. The van der Waals surface area contributed by atoms with Crippen molar-refractivity contribution in [3.05, 3.63) is 85.1 Å². The Morgan fingerprint density at radius 1 is 0.500 bits per heavy atom. The van der Waals surface area contributed by atoms with Crippen molar-refractivity contribution in [3.63, 3.8) is 0 Å². The van der Waals surface area contributed by atoms with Crippen LogP contribution in [0.3, 0.4) is 0 Å². The quantitative estimate of drug-likeness (QED) is 0.0267. The van der Waals surface area contributed by atoms with Gasteiger partial charge in [-0.25, -0.2) is 0 Å². The smallest absolute Gasteiger partial charge is 0.306 e. The van der Waals surface area contributed by atoms with Crippen LogP contribution in [0.15, 0.2) is 85.1 Å². The lowest BCUT2D eigenvalue weighted by Crippen LogP contribution is -2.59. The van der Waals surface area contributed by atoms with E-state index in [0.29, 0.717) is 13.0 Å². The van der Waals surface area contributed by atoms with Crippen LogP contribution >= 0.6 is 0 Å². The van der Waals surface area contributed by atoms with Gasteiger partial charge >= 0.3 is 5.97 Å². The molecule has 380 valence electrons. The van der Waals surface area contributed by atoms with Gasteiger partial charge in [-0.05, 0) is 89.9 Å². The summed E-state index contributed by atoms with van der Waals surface area (Å²) in [4.78, 5) is 12.8. The molecule has 1 aliphatic heterocycles. The highest BCUT2D eigenvalue weighted by atomic mass is 16.7. The summed E-state index contributed by atoms with van der Waals surface area (Å²) in [7, 11) is 0. The molecule has 0 spiro atoms. The van der Waals surface area contributed by atoms with Gasteiger partial charge in [0, 0.05) is 13.0 Å². The van der Waals surface area contributed by atoms with E-state index in [4.69, 9.17) is 18.9 Å². The Kier molecular flexibility index (Phi) is 44.1. The van der Waals surface area contributed by atoms with Crippen LogP contribution in [0, 0.1) is 0 Å². The Balaban J connectivity index is 2.21. The molecule has 0 amide bonds. The normalized spacial score (nSPS) is 20.0. The van der Waals surface area contributed by atoms with Crippen molar-refractivity contribution in [2.45, 2.75) is 243 Å². The molecule has 0 aromatic rings. The zero-order valence-corrected chi connectivity index (χ0v) is 41.9. The largest absolute Gasteiger partial charge is 0.457 e. The molecule has 6 unspecified atom stereocenters. The van der Waals surface area contributed by atoms with Crippen LogP contribution in [-0.4, -0.2) is 89.6 Å². The first-order valence-corrected chi connectivity index (χ1v) is 26.7. The molecule has 0 aromatic carbocycles. The lowest BCUT2D eigenvalue weighted by Gasteiger charge is -2.39. The maximum Gasteiger partial charge on any atom is 0.306 e. The summed E-state index contributed by atoms with van der Waals surface area (Å²) in [5, 5.41) is 40.3. The van der Waals surface area contributed by atoms with Crippen molar-refractivity contribution in [1.29, 1.82) is 0 Å². The summed E-state index contributed by atoms with van der Waals surface area (Å²) < 4.78 is 22.9. The van der Waals surface area contributed by atoms with Gasteiger partial charge in [-0.15, -0.1) is 0 Å². The molecular weight excluding hydrogens is 829 g/mol. The molecule has 0 aromatic heterocycles. The van der Waals surface area contributed by atoms with Crippen LogP contribution < -0.4 is 0 Å². The van der Waals surface area contributed by atoms with Gasteiger partial charge in [0.2, 0.25) is 0 Å². The molecule has 66 heavy (non-hydrogen) atoms. The minimum atomic E-state index is -1.54. The van der Waals surface area contributed by atoms with Crippen molar-refractivity contribution in [3.8, 4) is 0 Å². The summed E-state index contributed by atoms with van der Waals surface area (Å²) in [6.45, 7) is 4.41. The molecule has 0 radical (unpaired) electrons. The number of aliphatic hydroxyl groups is 4. The third kappa shape index (κ3) is 37.4. The summed E-state index contributed by atoms with van der Waals surface area (Å²) in [6.07, 6.45) is 57.6. The fourth-order valence-corrected chi connectivity index (χ4v) is 7.67. The van der Waals surface area contributed by atoms with Gasteiger partial charge in [-0.3, -0.25) is 4.79 Å². The van der Waals surface area contributed by atoms with Gasteiger partial charge in [-0.1, -0.05) is 195 Å². The molecule has 1 saturated heterocycles. The summed E-state index contributed by atoms with van der Waals surface area (Å²) in [6, 6.07) is 0. The molecule has 6 atom stereocenters. The number of aliphatic hydroxyl groups excluding tert-OH is 4. The molecule has 0 bridgehead atoms. The molecule has 1 fully saturated rings. The first-order valence-electron chi connectivity index (χ1n) is 26.7. The number of ether oxygens (including phenoxy) is 4. The van der Waals surface area contributed by atoms with Crippen molar-refractivity contribution in [2.75, 3.05) is 26.4 Å². The van der Waals surface area contributed by atoms with Crippen LogP contribution in [0.5, 0.6) is 0 Å². The highest BCUT2D eigenvalue weighted by Gasteiger charge is 2.44. The van der Waals surface area contributed by atoms with E-state index in [9.17, 15) is 25.2 Å². The molecule has 1 aliphatic rings. The van der Waals surface area contributed by atoms with E-state index in [1.807, 2.05) is 0 Å². The van der Waals surface area contributed by atoms with E-state index >= 15 is 0 Å². The molecule has 0 saturated carbocycles. The number of hydrogen-bond donors (Lipinski definition) is 4. The lowest BCUT2D eigenvalue weighted by atomic mass is 9.99. The zero-order chi connectivity index (χ0) is 47.8. The predicted octanol–water partition coefficient (Wildman–Crippen LogP) is 13.4. The van der Waals surface area contributed by atoms with Crippen molar-refractivity contribution in [1.82, 2.24) is 0 Å². The highest BCUT2D eigenvalue weighted by Crippen LogP contribution is 2.23. The fraction of sp³-hybridized carbons (Fsp3) is 0.737.